The number of piperidine rings is 1. The van der Waals surface area contributed by atoms with Gasteiger partial charge in [0.25, 0.3) is 5.91 Å². The summed E-state index contributed by atoms with van der Waals surface area (Å²) in [5.41, 5.74) is 2.36. The largest absolute Gasteiger partial charge is 0.497 e. The number of amides is 1. The third-order valence-electron chi connectivity index (χ3n) is 5.90. The Labute approximate surface area is 180 Å². The van der Waals surface area contributed by atoms with Crippen molar-refractivity contribution in [1.82, 2.24) is 5.32 Å². The highest BCUT2D eigenvalue weighted by atomic mass is 16.5. The second-order valence-electron chi connectivity index (χ2n) is 8.18. The van der Waals surface area contributed by atoms with E-state index in [4.69, 9.17) is 9.47 Å². The van der Waals surface area contributed by atoms with Crippen LogP contribution in [0.3, 0.4) is 0 Å². The van der Waals surface area contributed by atoms with Crippen LogP contribution in [-0.4, -0.2) is 32.2 Å². The molecule has 30 heavy (non-hydrogen) atoms. The van der Waals surface area contributed by atoms with Crippen LogP contribution in [-0.2, 0) is 4.79 Å². The van der Waals surface area contributed by atoms with Gasteiger partial charge in [-0.15, -0.1) is 0 Å². The summed E-state index contributed by atoms with van der Waals surface area (Å²) in [5.74, 6) is 2.14. The lowest BCUT2D eigenvalue weighted by Gasteiger charge is -2.32. The van der Waals surface area contributed by atoms with Crippen LogP contribution in [0, 0.1) is 5.92 Å². The van der Waals surface area contributed by atoms with Crippen molar-refractivity contribution in [3.8, 4) is 11.5 Å². The first-order valence-electron chi connectivity index (χ1n) is 11.0. The SMILES string of the molecule is CCC(Oc1ccc(OC)cc1)C(=O)NC(C)c1ccc(N2CCC(C)CC2)cc1. The van der Waals surface area contributed by atoms with Crippen LogP contribution >= 0.6 is 0 Å². The summed E-state index contributed by atoms with van der Waals surface area (Å²) < 4.78 is 11.1. The molecule has 1 N–H and O–H groups in total. The number of rotatable bonds is 8. The van der Waals surface area contributed by atoms with E-state index in [1.807, 2.05) is 38.1 Å². The average Bonchev–Trinajstić information content (AvgIpc) is 2.78. The predicted octanol–water partition coefficient (Wildman–Crippen LogP) is 4.97. The molecule has 2 unspecified atom stereocenters. The highest BCUT2D eigenvalue weighted by Gasteiger charge is 2.21. The van der Waals surface area contributed by atoms with E-state index in [2.05, 4.69) is 41.4 Å². The highest BCUT2D eigenvalue weighted by Crippen LogP contribution is 2.25. The number of ether oxygens (including phenoxy) is 2. The molecule has 2 atom stereocenters. The van der Waals surface area contributed by atoms with Gasteiger partial charge in [0, 0.05) is 18.8 Å². The van der Waals surface area contributed by atoms with Crippen molar-refractivity contribution in [2.24, 2.45) is 5.92 Å². The lowest BCUT2D eigenvalue weighted by atomic mass is 9.98. The number of nitrogens with one attached hydrogen (secondary N) is 1. The van der Waals surface area contributed by atoms with Crippen LogP contribution in [0.15, 0.2) is 48.5 Å². The smallest absolute Gasteiger partial charge is 0.261 e. The van der Waals surface area contributed by atoms with Crippen LogP contribution < -0.4 is 19.7 Å². The molecule has 2 aromatic rings. The van der Waals surface area contributed by atoms with Crippen LogP contribution in [0.5, 0.6) is 11.5 Å². The van der Waals surface area contributed by atoms with Gasteiger partial charge in [-0.05, 0) is 74.1 Å². The average molecular weight is 411 g/mol. The second kappa shape index (κ2) is 10.4. The van der Waals surface area contributed by atoms with Gasteiger partial charge >= 0.3 is 0 Å². The van der Waals surface area contributed by atoms with E-state index >= 15 is 0 Å². The molecular formula is C25H34N2O3. The zero-order valence-electron chi connectivity index (χ0n) is 18.6. The summed E-state index contributed by atoms with van der Waals surface area (Å²) in [6.45, 7) is 8.52. The summed E-state index contributed by atoms with van der Waals surface area (Å²) in [6.07, 6.45) is 2.56. The first-order chi connectivity index (χ1) is 14.5. The predicted molar refractivity (Wildman–Crippen MR) is 121 cm³/mol. The number of methoxy groups -OCH3 is 1. The molecule has 1 aliphatic heterocycles. The maximum Gasteiger partial charge on any atom is 0.261 e. The summed E-state index contributed by atoms with van der Waals surface area (Å²) in [5, 5.41) is 3.09. The van der Waals surface area contributed by atoms with Crippen molar-refractivity contribution in [3.63, 3.8) is 0 Å². The van der Waals surface area contributed by atoms with Crippen molar-refractivity contribution in [2.45, 2.75) is 52.2 Å². The number of hydrogen-bond donors (Lipinski definition) is 1. The molecule has 0 bridgehead atoms. The Bertz CT molecular complexity index is 796. The molecule has 0 aliphatic carbocycles. The van der Waals surface area contributed by atoms with Gasteiger partial charge in [0.05, 0.1) is 13.2 Å². The lowest BCUT2D eigenvalue weighted by molar-refractivity contribution is -0.128. The van der Waals surface area contributed by atoms with Gasteiger partial charge in [-0.25, -0.2) is 0 Å². The topological polar surface area (TPSA) is 50.8 Å². The standard InChI is InChI=1S/C25H34N2O3/c1-5-24(30-23-12-10-22(29-4)11-13-23)25(28)26-19(3)20-6-8-21(9-7-20)27-16-14-18(2)15-17-27/h6-13,18-19,24H,5,14-17H2,1-4H3,(H,26,28). The van der Waals surface area contributed by atoms with Crippen LogP contribution in [0.1, 0.15) is 51.6 Å². The summed E-state index contributed by atoms with van der Waals surface area (Å²) >= 11 is 0. The van der Waals surface area contributed by atoms with Gasteiger partial charge in [0.1, 0.15) is 11.5 Å². The number of nitrogens with zero attached hydrogens (tertiary/aromatic N) is 1. The molecule has 1 amide bonds. The normalized spacial score (nSPS) is 16.6. The Morgan fingerprint density at radius 1 is 1.07 bits per heavy atom. The minimum Gasteiger partial charge on any atom is -0.497 e. The van der Waals surface area contributed by atoms with E-state index in [1.54, 1.807) is 7.11 Å². The Morgan fingerprint density at radius 2 is 1.67 bits per heavy atom. The van der Waals surface area contributed by atoms with Gasteiger partial charge in [0.15, 0.2) is 6.10 Å². The van der Waals surface area contributed by atoms with Gasteiger partial charge in [-0.3, -0.25) is 4.79 Å². The molecule has 0 radical (unpaired) electrons. The van der Waals surface area contributed by atoms with E-state index in [0.29, 0.717) is 12.2 Å². The molecule has 5 heteroatoms. The zero-order valence-corrected chi connectivity index (χ0v) is 18.6. The Morgan fingerprint density at radius 3 is 2.23 bits per heavy atom. The van der Waals surface area contributed by atoms with Crippen molar-refractivity contribution in [2.75, 3.05) is 25.1 Å². The summed E-state index contributed by atoms with van der Waals surface area (Å²) in [6, 6.07) is 15.8. The summed E-state index contributed by atoms with van der Waals surface area (Å²) in [7, 11) is 1.62. The second-order valence-corrected chi connectivity index (χ2v) is 8.18. The molecular weight excluding hydrogens is 376 g/mol. The van der Waals surface area contributed by atoms with E-state index in [-0.39, 0.29) is 11.9 Å². The molecule has 162 valence electrons. The van der Waals surface area contributed by atoms with E-state index < -0.39 is 6.10 Å². The van der Waals surface area contributed by atoms with E-state index in [9.17, 15) is 4.79 Å². The molecule has 1 fully saturated rings. The third kappa shape index (κ3) is 5.68. The Balaban J connectivity index is 1.56. The van der Waals surface area contributed by atoms with Gasteiger partial charge < -0.3 is 19.7 Å². The van der Waals surface area contributed by atoms with Gasteiger partial charge in [0.2, 0.25) is 0 Å². The lowest BCUT2D eigenvalue weighted by Crippen LogP contribution is -2.39. The minimum atomic E-state index is -0.532. The Hall–Kier alpha value is -2.69. The monoisotopic (exact) mass is 410 g/mol. The van der Waals surface area contributed by atoms with Crippen LogP contribution in [0.4, 0.5) is 5.69 Å². The first kappa shape index (κ1) is 22.0. The summed E-state index contributed by atoms with van der Waals surface area (Å²) in [4.78, 5) is 15.2. The molecule has 5 nitrogen and oxygen atoms in total. The molecule has 0 aromatic heterocycles. The van der Waals surface area contributed by atoms with Crippen molar-refractivity contribution >= 4 is 11.6 Å². The maximum absolute atomic E-state index is 12.8. The Kier molecular flexibility index (Phi) is 7.61. The molecule has 0 saturated carbocycles. The molecule has 0 spiro atoms. The number of anilines is 1. The quantitative estimate of drug-likeness (QED) is 0.668. The molecule has 1 heterocycles. The van der Waals surface area contributed by atoms with Crippen LogP contribution in [0.2, 0.25) is 0 Å². The number of carbonyl (C=O) groups is 1. The number of benzene rings is 2. The van der Waals surface area contributed by atoms with Crippen molar-refractivity contribution in [1.29, 1.82) is 0 Å². The molecule has 1 aliphatic rings. The van der Waals surface area contributed by atoms with Crippen molar-refractivity contribution in [3.05, 3.63) is 54.1 Å². The molecule has 3 rings (SSSR count). The third-order valence-corrected chi connectivity index (χ3v) is 5.90. The maximum atomic E-state index is 12.8. The van der Waals surface area contributed by atoms with Gasteiger partial charge in [-0.1, -0.05) is 26.0 Å². The highest BCUT2D eigenvalue weighted by molar-refractivity contribution is 5.81. The number of hydrogen-bond acceptors (Lipinski definition) is 4. The van der Waals surface area contributed by atoms with Crippen molar-refractivity contribution < 1.29 is 14.3 Å². The first-order valence-corrected chi connectivity index (χ1v) is 11.0. The molecule has 2 aromatic carbocycles. The number of carbonyl (C=O) groups excluding carboxylic acids is 1. The fourth-order valence-electron chi connectivity index (χ4n) is 3.77. The zero-order chi connectivity index (χ0) is 21.5. The van der Waals surface area contributed by atoms with E-state index in [1.165, 1.54) is 18.5 Å². The minimum absolute atomic E-state index is 0.0820. The van der Waals surface area contributed by atoms with Gasteiger partial charge in [-0.2, -0.15) is 0 Å². The van der Waals surface area contributed by atoms with Crippen LogP contribution in [0.25, 0.3) is 0 Å². The fraction of sp³-hybridized carbons (Fsp3) is 0.480. The van der Waals surface area contributed by atoms with E-state index in [0.717, 1.165) is 30.3 Å². The fourth-order valence-corrected chi connectivity index (χ4v) is 3.77. The molecule has 1 saturated heterocycles.